The van der Waals surface area contributed by atoms with E-state index in [1.165, 1.54) is 6.92 Å². The first-order chi connectivity index (χ1) is 10.9. The van der Waals surface area contributed by atoms with Crippen molar-refractivity contribution in [1.82, 2.24) is 15.2 Å². The highest BCUT2D eigenvalue weighted by Crippen LogP contribution is 2.28. The zero-order valence-electron chi connectivity index (χ0n) is 13.0. The molecule has 2 heterocycles. The molecule has 2 aromatic heterocycles. The molecule has 0 aliphatic heterocycles. The van der Waals surface area contributed by atoms with Crippen molar-refractivity contribution in [1.29, 1.82) is 0 Å². The lowest BCUT2D eigenvalue weighted by molar-refractivity contribution is -0.116. The van der Waals surface area contributed by atoms with Gasteiger partial charge in [-0.25, -0.2) is 4.98 Å². The van der Waals surface area contributed by atoms with Crippen molar-refractivity contribution in [3.8, 4) is 11.4 Å². The van der Waals surface area contributed by atoms with Crippen LogP contribution in [0.4, 0.5) is 5.69 Å². The van der Waals surface area contributed by atoms with E-state index in [2.05, 4.69) is 59.1 Å². The summed E-state index contributed by atoms with van der Waals surface area (Å²) in [5.74, 6) is -0.0181. The molecule has 0 aliphatic rings. The lowest BCUT2D eigenvalue weighted by atomic mass is 10.1. The number of halogens is 1. The molecule has 3 rings (SSSR count). The molecule has 1 amide bonds. The van der Waals surface area contributed by atoms with Crippen LogP contribution in [0.3, 0.4) is 0 Å². The van der Waals surface area contributed by atoms with Gasteiger partial charge in [0.15, 0.2) is 0 Å². The maximum Gasteiger partial charge on any atom is 0.223 e. The van der Waals surface area contributed by atoms with Crippen molar-refractivity contribution < 1.29 is 4.79 Å². The Labute approximate surface area is 150 Å². The number of nitrogens with zero attached hydrogens (tertiary/aromatic N) is 3. The largest absolute Gasteiger partial charge is 0.314 e. The molecule has 0 bridgehead atoms. The Morgan fingerprint density at radius 3 is 2.74 bits per heavy atom. The topological polar surface area (TPSA) is 61.9 Å². The molecule has 3 aromatic rings. The van der Waals surface area contributed by atoms with E-state index in [-0.39, 0.29) is 5.91 Å². The van der Waals surface area contributed by atoms with Crippen LogP contribution in [0.2, 0.25) is 0 Å². The third-order valence-corrected chi connectivity index (χ3v) is 5.81. The van der Waals surface area contributed by atoms with E-state index < -0.39 is 0 Å². The number of aryl methyl sites for hydroxylation is 1. The number of aromatic nitrogens is 3. The van der Waals surface area contributed by atoms with Crippen LogP contribution in [0.5, 0.6) is 0 Å². The summed E-state index contributed by atoms with van der Waals surface area (Å²) in [4.78, 5) is 17.8. The summed E-state index contributed by atoms with van der Waals surface area (Å²) in [6, 6.07) is 7.97. The molecular formula is C16H16IN4OP. The number of amides is 1. The Hall–Kier alpha value is -1.53. The Bertz CT molecular complexity index is 922. The van der Waals surface area contributed by atoms with Crippen molar-refractivity contribution in [3.05, 3.63) is 33.5 Å². The van der Waals surface area contributed by atoms with E-state index in [4.69, 9.17) is 0 Å². The van der Waals surface area contributed by atoms with Crippen molar-refractivity contribution in [2.45, 2.75) is 13.8 Å². The molecule has 0 saturated carbocycles. The zero-order chi connectivity index (χ0) is 16.7. The summed E-state index contributed by atoms with van der Waals surface area (Å²) in [6.45, 7) is 3.44. The standard InChI is InChI=1S/C16H16IN4OP/c1-8-14(21(3)9(2)22)5-4-12(18-8)16-10-6-11(17)15(23)7-13(10)19-20-16/h4-7H,23H2,1-3H3,(H,19,20). The molecule has 0 radical (unpaired) electrons. The fourth-order valence-corrected chi connectivity index (χ4v) is 3.18. The van der Waals surface area contributed by atoms with Gasteiger partial charge < -0.3 is 4.90 Å². The fourth-order valence-electron chi connectivity index (χ4n) is 2.46. The molecule has 1 unspecified atom stereocenters. The summed E-state index contributed by atoms with van der Waals surface area (Å²) in [7, 11) is 4.47. The summed E-state index contributed by atoms with van der Waals surface area (Å²) in [5.41, 5.74) is 4.20. The Morgan fingerprint density at radius 2 is 2.09 bits per heavy atom. The number of benzene rings is 1. The molecular weight excluding hydrogens is 422 g/mol. The maximum absolute atomic E-state index is 11.5. The van der Waals surface area contributed by atoms with Crippen LogP contribution in [0.15, 0.2) is 24.3 Å². The van der Waals surface area contributed by atoms with Crippen LogP contribution in [0, 0.1) is 10.5 Å². The number of carbonyl (C=O) groups excluding carboxylic acids is 1. The Balaban J connectivity index is 2.11. The number of aromatic amines is 1. The highest BCUT2D eigenvalue weighted by molar-refractivity contribution is 14.1. The quantitative estimate of drug-likeness (QED) is 0.495. The monoisotopic (exact) mass is 438 g/mol. The third kappa shape index (κ3) is 2.97. The minimum Gasteiger partial charge on any atom is -0.314 e. The lowest BCUT2D eigenvalue weighted by Gasteiger charge is -2.17. The van der Waals surface area contributed by atoms with Gasteiger partial charge in [0.1, 0.15) is 5.69 Å². The molecule has 1 aromatic carbocycles. The van der Waals surface area contributed by atoms with E-state index in [0.29, 0.717) is 0 Å². The minimum atomic E-state index is -0.0181. The lowest BCUT2D eigenvalue weighted by Crippen LogP contribution is -2.23. The van der Waals surface area contributed by atoms with Gasteiger partial charge in [-0.2, -0.15) is 5.10 Å². The van der Waals surface area contributed by atoms with Crippen LogP contribution in [0.25, 0.3) is 22.3 Å². The van der Waals surface area contributed by atoms with Crippen molar-refractivity contribution in [2.24, 2.45) is 0 Å². The number of rotatable bonds is 2. The number of H-pyrrole nitrogens is 1. The van der Waals surface area contributed by atoms with Crippen LogP contribution >= 0.6 is 31.8 Å². The SMILES string of the molecule is CC(=O)N(C)c1ccc(-c2n[nH]c3cc(P)c(I)cc23)nc1C. The molecule has 1 atom stereocenters. The minimum absolute atomic E-state index is 0.0181. The van der Waals surface area contributed by atoms with E-state index >= 15 is 0 Å². The molecule has 0 spiro atoms. The second-order valence-corrected chi connectivity index (χ2v) is 7.15. The Morgan fingerprint density at radius 1 is 1.35 bits per heavy atom. The predicted octanol–water partition coefficient (Wildman–Crippen LogP) is 3.02. The molecule has 1 N–H and O–H groups in total. The van der Waals surface area contributed by atoms with Crippen molar-refractivity contribution >= 4 is 59.6 Å². The van der Waals surface area contributed by atoms with Gasteiger partial charge in [-0.15, -0.1) is 9.24 Å². The van der Waals surface area contributed by atoms with Crippen LogP contribution in [0.1, 0.15) is 12.6 Å². The van der Waals surface area contributed by atoms with Gasteiger partial charge in [0.25, 0.3) is 0 Å². The molecule has 23 heavy (non-hydrogen) atoms. The number of nitrogens with one attached hydrogen (secondary N) is 1. The van der Waals surface area contributed by atoms with Gasteiger partial charge in [-0.05, 0) is 59.1 Å². The first-order valence-corrected chi connectivity index (χ1v) is 8.69. The molecule has 7 heteroatoms. The smallest absolute Gasteiger partial charge is 0.223 e. The first kappa shape index (κ1) is 16.3. The maximum atomic E-state index is 11.5. The third-order valence-electron chi connectivity index (χ3n) is 3.81. The van der Waals surface area contributed by atoms with E-state index in [1.54, 1.807) is 11.9 Å². The van der Waals surface area contributed by atoms with E-state index in [9.17, 15) is 4.79 Å². The van der Waals surface area contributed by atoms with Gasteiger partial charge in [-0.3, -0.25) is 9.89 Å². The normalized spacial score (nSPS) is 11.0. The van der Waals surface area contributed by atoms with Crippen molar-refractivity contribution in [3.63, 3.8) is 0 Å². The van der Waals surface area contributed by atoms with Gasteiger partial charge >= 0.3 is 0 Å². The summed E-state index contributed by atoms with van der Waals surface area (Å²) < 4.78 is 1.16. The predicted molar refractivity (Wildman–Crippen MR) is 105 cm³/mol. The highest BCUT2D eigenvalue weighted by Gasteiger charge is 2.15. The number of hydrogen-bond donors (Lipinski definition) is 1. The van der Waals surface area contributed by atoms with E-state index in [0.717, 1.165) is 42.5 Å². The highest BCUT2D eigenvalue weighted by atomic mass is 127. The average Bonchev–Trinajstić information content (AvgIpc) is 2.89. The van der Waals surface area contributed by atoms with Crippen LogP contribution in [-0.2, 0) is 4.79 Å². The second-order valence-electron chi connectivity index (χ2n) is 5.37. The number of anilines is 1. The van der Waals surface area contributed by atoms with Crippen LogP contribution in [-0.4, -0.2) is 28.1 Å². The average molecular weight is 438 g/mol. The molecule has 0 aliphatic carbocycles. The van der Waals surface area contributed by atoms with Crippen LogP contribution < -0.4 is 10.2 Å². The molecule has 5 nitrogen and oxygen atoms in total. The molecule has 0 fully saturated rings. The number of carbonyl (C=O) groups is 1. The van der Waals surface area contributed by atoms with E-state index in [1.807, 2.05) is 19.1 Å². The fraction of sp³-hybridized carbons (Fsp3) is 0.188. The molecule has 118 valence electrons. The second kappa shape index (κ2) is 6.17. The summed E-state index contributed by atoms with van der Waals surface area (Å²) >= 11 is 2.31. The zero-order valence-corrected chi connectivity index (χ0v) is 16.3. The number of pyridine rings is 1. The molecule has 0 saturated heterocycles. The van der Waals surface area contributed by atoms with Gasteiger partial charge in [0.05, 0.1) is 22.6 Å². The summed E-state index contributed by atoms with van der Waals surface area (Å²) in [5, 5.41) is 9.65. The van der Waals surface area contributed by atoms with Gasteiger partial charge in [-0.1, -0.05) is 0 Å². The number of fused-ring (bicyclic) bond motifs is 1. The summed E-state index contributed by atoms with van der Waals surface area (Å²) in [6.07, 6.45) is 0. The van der Waals surface area contributed by atoms with Gasteiger partial charge in [0.2, 0.25) is 5.91 Å². The first-order valence-electron chi connectivity index (χ1n) is 7.04. The van der Waals surface area contributed by atoms with Crippen molar-refractivity contribution in [2.75, 3.05) is 11.9 Å². The number of hydrogen-bond acceptors (Lipinski definition) is 3. The Kier molecular flexibility index (Phi) is 4.38. The van der Waals surface area contributed by atoms with Gasteiger partial charge in [0, 0.05) is 22.9 Å².